The summed E-state index contributed by atoms with van der Waals surface area (Å²) in [4.78, 5) is 19.5. The van der Waals surface area contributed by atoms with Crippen molar-refractivity contribution in [2.75, 3.05) is 45.4 Å². The van der Waals surface area contributed by atoms with E-state index in [2.05, 4.69) is 32.8 Å². The van der Waals surface area contributed by atoms with Crippen molar-refractivity contribution in [2.45, 2.75) is 30.8 Å². The van der Waals surface area contributed by atoms with Crippen LogP contribution in [0.4, 0.5) is 0 Å². The molecule has 4 heterocycles. The molecule has 5 rings (SSSR count). The van der Waals surface area contributed by atoms with Gasteiger partial charge in [-0.15, -0.1) is 0 Å². The monoisotopic (exact) mass is 397 g/mol. The van der Waals surface area contributed by atoms with Gasteiger partial charge in [0.1, 0.15) is 23.4 Å². The van der Waals surface area contributed by atoms with Crippen molar-refractivity contribution in [3.05, 3.63) is 47.5 Å². The van der Waals surface area contributed by atoms with E-state index >= 15 is 0 Å². The summed E-state index contributed by atoms with van der Waals surface area (Å²) < 4.78 is 12.6. The van der Waals surface area contributed by atoms with Crippen molar-refractivity contribution in [3.8, 4) is 5.75 Å². The second-order valence-corrected chi connectivity index (χ2v) is 8.07. The Morgan fingerprint density at radius 3 is 2.66 bits per heavy atom. The van der Waals surface area contributed by atoms with Gasteiger partial charge in [0.15, 0.2) is 0 Å². The first kappa shape index (κ1) is 18.4. The number of ether oxygens (including phenoxy) is 2. The number of hydrogen-bond acceptors (Lipinski definition) is 6. The number of amides is 1. The van der Waals surface area contributed by atoms with E-state index in [0.717, 1.165) is 57.3 Å². The summed E-state index contributed by atoms with van der Waals surface area (Å²) in [7, 11) is 1.69. The Kier molecular flexibility index (Phi) is 4.89. The third-order valence-electron chi connectivity index (χ3n) is 6.18. The Balaban J connectivity index is 1.21. The van der Waals surface area contributed by atoms with Gasteiger partial charge >= 0.3 is 0 Å². The number of nitrogens with one attached hydrogen (secondary N) is 2. The van der Waals surface area contributed by atoms with Crippen molar-refractivity contribution in [1.29, 1.82) is 0 Å². The molecule has 0 bridgehead atoms. The molecular weight excluding hydrogens is 370 g/mol. The van der Waals surface area contributed by atoms with E-state index in [1.54, 1.807) is 13.3 Å². The zero-order chi connectivity index (χ0) is 19.8. The molecule has 3 aliphatic heterocycles. The molecule has 154 valence electrons. The van der Waals surface area contributed by atoms with Crippen molar-refractivity contribution < 1.29 is 14.3 Å². The number of benzene rings is 1. The van der Waals surface area contributed by atoms with Gasteiger partial charge in [0.2, 0.25) is 0 Å². The minimum Gasteiger partial charge on any atom is -0.497 e. The van der Waals surface area contributed by atoms with Crippen molar-refractivity contribution in [2.24, 2.45) is 0 Å². The Hall–Kier alpha value is -2.58. The molecule has 2 saturated heterocycles. The number of carbonyl (C=O) groups excluding carboxylic acids is 1. The summed E-state index contributed by atoms with van der Waals surface area (Å²) >= 11 is 0. The summed E-state index contributed by atoms with van der Waals surface area (Å²) in [5.74, 6) is 2.63. The van der Waals surface area contributed by atoms with Crippen LogP contribution in [0.25, 0.3) is 0 Å². The molecule has 0 radical (unpaired) electrons. The van der Waals surface area contributed by atoms with Crippen molar-refractivity contribution in [1.82, 2.24) is 19.9 Å². The molecule has 0 spiro atoms. The predicted octanol–water partition coefficient (Wildman–Crippen LogP) is 1.50. The molecule has 2 N–H and O–H groups in total. The van der Waals surface area contributed by atoms with Gasteiger partial charge < -0.3 is 20.2 Å². The first-order valence-corrected chi connectivity index (χ1v) is 10.3. The van der Waals surface area contributed by atoms with Gasteiger partial charge in [-0.1, -0.05) is 12.1 Å². The number of imidazole rings is 1. The van der Waals surface area contributed by atoms with Crippen LogP contribution in [0.5, 0.6) is 5.75 Å². The molecule has 8 nitrogen and oxygen atoms in total. The maximum absolute atomic E-state index is 12.6. The third-order valence-corrected chi connectivity index (χ3v) is 6.18. The van der Waals surface area contributed by atoms with Crippen LogP contribution < -0.4 is 15.5 Å². The molecule has 1 atom stereocenters. The number of hydrogen-bond donors (Lipinski definition) is 2. The van der Waals surface area contributed by atoms with Crippen LogP contribution in [0.3, 0.4) is 0 Å². The number of aromatic nitrogens is 2. The lowest BCUT2D eigenvalue weighted by Crippen LogP contribution is -2.59. The minimum absolute atomic E-state index is 0.0632. The molecule has 1 unspecified atom stereocenters. The molecule has 1 aromatic carbocycles. The van der Waals surface area contributed by atoms with Crippen molar-refractivity contribution in [3.63, 3.8) is 0 Å². The molecule has 3 aliphatic rings. The Labute approximate surface area is 170 Å². The van der Waals surface area contributed by atoms with Crippen LogP contribution in [0, 0.1) is 0 Å². The number of fused-ring (bicyclic) bond motifs is 1. The van der Waals surface area contributed by atoms with E-state index in [1.807, 2.05) is 16.8 Å². The average molecular weight is 397 g/mol. The zero-order valence-electron chi connectivity index (χ0n) is 16.6. The van der Waals surface area contributed by atoms with E-state index in [0.29, 0.717) is 17.5 Å². The van der Waals surface area contributed by atoms with E-state index in [1.165, 1.54) is 5.56 Å². The standard InChI is InChI=1S/C21H27N5O3/c1-28-17-4-2-14(3-5-17)16-11-25(12-16)13-19-23-21(27)18-10-22-20(26(18)24-19)15-6-8-29-9-7-15/h2-5,10,15-16,19,24H,6-9,11-13H2,1H3,(H,23,27). The molecule has 0 saturated carbocycles. The number of carbonyl (C=O) groups is 1. The average Bonchev–Trinajstić information content (AvgIpc) is 3.16. The van der Waals surface area contributed by atoms with Gasteiger partial charge in [-0.05, 0) is 30.5 Å². The fourth-order valence-electron chi connectivity index (χ4n) is 4.48. The Bertz CT molecular complexity index is 869. The second-order valence-electron chi connectivity index (χ2n) is 8.07. The summed E-state index contributed by atoms with van der Waals surface area (Å²) in [6, 6.07) is 8.30. The predicted molar refractivity (Wildman–Crippen MR) is 108 cm³/mol. The van der Waals surface area contributed by atoms with Gasteiger partial charge in [-0.25, -0.2) is 9.66 Å². The van der Waals surface area contributed by atoms with E-state index in [-0.39, 0.29) is 12.1 Å². The number of likely N-dealkylation sites (tertiary alicyclic amines) is 1. The molecule has 29 heavy (non-hydrogen) atoms. The largest absolute Gasteiger partial charge is 0.497 e. The normalized spacial score (nSPS) is 23.1. The molecule has 2 fully saturated rings. The molecule has 0 aliphatic carbocycles. The van der Waals surface area contributed by atoms with E-state index in [4.69, 9.17) is 9.47 Å². The van der Waals surface area contributed by atoms with Crippen LogP contribution >= 0.6 is 0 Å². The highest BCUT2D eigenvalue weighted by molar-refractivity contribution is 5.93. The lowest BCUT2D eigenvalue weighted by molar-refractivity contribution is 0.0811. The first-order chi connectivity index (χ1) is 14.2. The minimum atomic E-state index is -0.125. The molecular formula is C21H27N5O3. The van der Waals surface area contributed by atoms with Gasteiger partial charge in [-0.3, -0.25) is 9.69 Å². The Morgan fingerprint density at radius 1 is 1.17 bits per heavy atom. The number of rotatable bonds is 5. The van der Waals surface area contributed by atoms with Gasteiger partial charge in [0.05, 0.1) is 13.3 Å². The lowest BCUT2D eigenvalue weighted by Gasteiger charge is -2.42. The zero-order valence-corrected chi connectivity index (χ0v) is 16.6. The highest BCUT2D eigenvalue weighted by Gasteiger charge is 2.34. The van der Waals surface area contributed by atoms with Crippen LogP contribution in [0.15, 0.2) is 30.5 Å². The van der Waals surface area contributed by atoms with Crippen LogP contribution in [-0.4, -0.2) is 66.6 Å². The van der Waals surface area contributed by atoms with Crippen LogP contribution in [0.1, 0.15) is 46.6 Å². The van der Waals surface area contributed by atoms with Crippen LogP contribution in [-0.2, 0) is 4.74 Å². The Morgan fingerprint density at radius 2 is 1.93 bits per heavy atom. The van der Waals surface area contributed by atoms with E-state index in [9.17, 15) is 4.79 Å². The second kappa shape index (κ2) is 7.68. The summed E-state index contributed by atoms with van der Waals surface area (Å²) in [5.41, 5.74) is 5.39. The quantitative estimate of drug-likeness (QED) is 0.796. The summed E-state index contributed by atoms with van der Waals surface area (Å²) in [5, 5.41) is 3.06. The maximum atomic E-state index is 12.6. The highest BCUT2D eigenvalue weighted by Crippen LogP contribution is 2.29. The third kappa shape index (κ3) is 3.58. The smallest absolute Gasteiger partial charge is 0.273 e. The maximum Gasteiger partial charge on any atom is 0.273 e. The summed E-state index contributed by atoms with van der Waals surface area (Å²) in [6.45, 7) is 4.25. The molecule has 1 amide bonds. The molecule has 2 aromatic rings. The number of nitrogens with zero attached hydrogens (tertiary/aromatic N) is 3. The topological polar surface area (TPSA) is 80.7 Å². The van der Waals surface area contributed by atoms with Gasteiger partial charge in [0, 0.05) is 44.7 Å². The number of methoxy groups -OCH3 is 1. The fraction of sp³-hybridized carbons (Fsp3) is 0.524. The lowest BCUT2D eigenvalue weighted by atomic mass is 9.91. The molecule has 8 heteroatoms. The fourth-order valence-corrected chi connectivity index (χ4v) is 4.48. The SMILES string of the molecule is COc1ccc(C2CN(CC3NC(=O)c4cnc(C5CCOCC5)n4N3)C2)cc1. The van der Waals surface area contributed by atoms with E-state index < -0.39 is 0 Å². The first-order valence-electron chi connectivity index (χ1n) is 10.3. The van der Waals surface area contributed by atoms with Gasteiger partial charge in [-0.2, -0.15) is 0 Å². The highest BCUT2D eigenvalue weighted by atomic mass is 16.5. The van der Waals surface area contributed by atoms with Gasteiger partial charge in [0.25, 0.3) is 5.91 Å². The van der Waals surface area contributed by atoms with Crippen molar-refractivity contribution >= 4 is 5.91 Å². The van der Waals surface area contributed by atoms with Crippen LogP contribution in [0.2, 0.25) is 0 Å². The molecule has 1 aromatic heterocycles. The summed E-state index contributed by atoms with van der Waals surface area (Å²) in [6.07, 6.45) is 3.44.